The first-order valence-electron chi connectivity index (χ1n) is 12.0. The number of anilines is 1. The average molecular weight is 508 g/mol. The lowest BCUT2D eigenvalue weighted by molar-refractivity contribution is 0.102. The Balaban J connectivity index is 1.46. The van der Waals surface area contributed by atoms with Crippen LogP contribution in [0.1, 0.15) is 48.2 Å². The summed E-state index contributed by atoms with van der Waals surface area (Å²) in [5.41, 5.74) is 4.47. The van der Waals surface area contributed by atoms with Gasteiger partial charge in [-0.3, -0.25) is 21.0 Å². The molecule has 9 nitrogen and oxygen atoms in total. The maximum absolute atomic E-state index is 14.8. The molecule has 0 unspecified atom stereocenters. The third kappa shape index (κ3) is 4.87. The predicted octanol–water partition coefficient (Wildman–Crippen LogP) is 4.07. The molecule has 5 rings (SSSR count). The molecule has 0 spiro atoms. The predicted molar refractivity (Wildman–Crippen MR) is 134 cm³/mol. The van der Waals surface area contributed by atoms with Gasteiger partial charge in [-0.1, -0.05) is 6.92 Å². The van der Waals surface area contributed by atoms with Crippen molar-refractivity contribution in [2.24, 2.45) is 11.8 Å². The summed E-state index contributed by atoms with van der Waals surface area (Å²) in [6.07, 6.45) is 8.95. The standard InChI is InChI=1S/C26H27F2N7O2/c1-14-7-15(9-16(8-14)34-29)18-3-5-30-13-23(18)33-26(36)22-4-6-35-25(32-22)19(12-31-35)24-20(27)10-17(37-2)11-21(24)28/h3-6,10-16,34H,7-9,29H2,1-2H3,(H,33,36)/t14-,15+,16+/m0/s1. The van der Waals surface area contributed by atoms with Gasteiger partial charge in [-0.05, 0) is 48.8 Å². The lowest BCUT2D eigenvalue weighted by Crippen LogP contribution is -2.40. The first kappa shape index (κ1) is 24.7. The van der Waals surface area contributed by atoms with Crippen molar-refractivity contribution >= 4 is 17.2 Å². The molecule has 0 saturated heterocycles. The minimum absolute atomic E-state index is 0.0523. The molecule has 37 heavy (non-hydrogen) atoms. The molecule has 11 heteroatoms. The molecule has 4 aromatic rings. The number of pyridine rings is 1. The molecule has 0 aliphatic heterocycles. The second-order valence-corrected chi connectivity index (χ2v) is 9.40. The van der Waals surface area contributed by atoms with Crippen molar-refractivity contribution in [2.75, 3.05) is 12.4 Å². The summed E-state index contributed by atoms with van der Waals surface area (Å²) in [6, 6.07) is 5.76. The highest BCUT2D eigenvalue weighted by atomic mass is 19.1. The second kappa shape index (κ2) is 10.2. The van der Waals surface area contributed by atoms with Crippen LogP contribution in [0.4, 0.5) is 14.5 Å². The fourth-order valence-electron chi connectivity index (χ4n) is 5.14. The van der Waals surface area contributed by atoms with Crippen LogP contribution in [-0.2, 0) is 0 Å². The van der Waals surface area contributed by atoms with Gasteiger partial charge in [0.1, 0.15) is 23.1 Å². The zero-order valence-electron chi connectivity index (χ0n) is 20.4. The van der Waals surface area contributed by atoms with Gasteiger partial charge in [0.25, 0.3) is 5.91 Å². The molecule has 4 N–H and O–H groups in total. The number of methoxy groups -OCH3 is 1. The number of nitrogens with one attached hydrogen (secondary N) is 2. The molecule has 0 radical (unpaired) electrons. The highest BCUT2D eigenvalue weighted by molar-refractivity contribution is 6.03. The Bertz CT molecular complexity index is 1440. The first-order valence-corrected chi connectivity index (χ1v) is 12.0. The van der Waals surface area contributed by atoms with Crippen LogP contribution in [0.15, 0.2) is 49.1 Å². The molecule has 3 heterocycles. The summed E-state index contributed by atoms with van der Waals surface area (Å²) in [6.45, 7) is 2.19. The van der Waals surface area contributed by atoms with E-state index in [4.69, 9.17) is 10.6 Å². The van der Waals surface area contributed by atoms with Crippen LogP contribution in [0.25, 0.3) is 16.8 Å². The van der Waals surface area contributed by atoms with Crippen LogP contribution in [-0.4, -0.2) is 38.6 Å². The third-order valence-corrected chi connectivity index (χ3v) is 6.84. The molecule has 1 fully saturated rings. The molecular formula is C26H27F2N7O2. The van der Waals surface area contributed by atoms with Crippen LogP contribution >= 0.6 is 0 Å². The van der Waals surface area contributed by atoms with Gasteiger partial charge in [0.05, 0.1) is 36.3 Å². The summed E-state index contributed by atoms with van der Waals surface area (Å²) >= 11 is 0. The number of halogens is 2. The molecular weight excluding hydrogens is 480 g/mol. The number of hydrogen-bond acceptors (Lipinski definition) is 7. The number of hydrogen-bond donors (Lipinski definition) is 3. The Morgan fingerprint density at radius 2 is 1.95 bits per heavy atom. The number of fused-ring (bicyclic) bond motifs is 1. The molecule has 1 amide bonds. The maximum atomic E-state index is 14.8. The normalized spacial score (nSPS) is 19.6. The van der Waals surface area contributed by atoms with E-state index in [0.29, 0.717) is 11.6 Å². The van der Waals surface area contributed by atoms with Crippen LogP contribution in [0.3, 0.4) is 0 Å². The topological polar surface area (TPSA) is 119 Å². The average Bonchev–Trinajstić information content (AvgIpc) is 3.31. The number of nitrogens with two attached hydrogens (primary N) is 1. The highest BCUT2D eigenvalue weighted by Gasteiger charge is 2.29. The van der Waals surface area contributed by atoms with Crippen molar-refractivity contribution < 1.29 is 18.3 Å². The molecule has 192 valence electrons. The Morgan fingerprint density at radius 3 is 2.68 bits per heavy atom. The lowest BCUT2D eigenvalue weighted by Gasteiger charge is -2.34. The van der Waals surface area contributed by atoms with Gasteiger partial charge in [0, 0.05) is 30.6 Å². The van der Waals surface area contributed by atoms with Gasteiger partial charge in [-0.15, -0.1) is 0 Å². The Kier molecular flexibility index (Phi) is 6.81. The quantitative estimate of drug-likeness (QED) is 0.266. The van der Waals surface area contributed by atoms with Crippen LogP contribution < -0.4 is 21.3 Å². The molecule has 1 aliphatic rings. The number of carbonyl (C=O) groups is 1. The van der Waals surface area contributed by atoms with Crippen LogP contribution in [0.5, 0.6) is 5.75 Å². The molecule has 1 aliphatic carbocycles. The van der Waals surface area contributed by atoms with Crippen molar-refractivity contribution in [2.45, 2.75) is 38.1 Å². The largest absolute Gasteiger partial charge is 0.497 e. The SMILES string of the molecule is COc1cc(F)c(-c2cnn3ccc(C(=O)Nc4cnccc4[C@@H]4C[C@H](C)C[C@@H](NN)C4)nc23)c(F)c1. The summed E-state index contributed by atoms with van der Waals surface area (Å²) in [7, 11) is 1.33. The summed E-state index contributed by atoms with van der Waals surface area (Å²) in [5.74, 6) is 4.32. The van der Waals surface area contributed by atoms with Crippen LogP contribution in [0, 0.1) is 17.6 Å². The van der Waals surface area contributed by atoms with Gasteiger partial charge in [0.15, 0.2) is 5.65 Å². The molecule has 3 atom stereocenters. The van der Waals surface area contributed by atoms with Crippen molar-refractivity contribution in [1.29, 1.82) is 0 Å². The summed E-state index contributed by atoms with van der Waals surface area (Å²) < 4.78 is 35.8. The Hall–Kier alpha value is -3.96. The van der Waals surface area contributed by atoms with E-state index in [2.05, 4.69) is 32.7 Å². The maximum Gasteiger partial charge on any atom is 0.274 e. The number of benzene rings is 1. The van der Waals surface area contributed by atoms with Gasteiger partial charge < -0.3 is 10.1 Å². The van der Waals surface area contributed by atoms with E-state index >= 15 is 0 Å². The van der Waals surface area contributed by atoms with E-state index in [1.54, 1.807) is 12.4 Å². The molecule has 3 aromatic heterocycles. The minimum atomic E-state index is -0.824. The second-order valence-electron chi connectivity index (χ2n) is 9.40. The van der Waals surface area contributed by atoms with E-state index < -0.39 is 17.5 Å². The Labute approximate surface area is 212 Å². The third-order valence-electron chi connectivity index (χ3n) is 6.84. The zero-order chi connectivity index (χ0) is 26.1. The van der Waals surface area contributed by atoms with E-state index in [1.165, 1.54) is 30.1 Å². The number of rotatable bonds is 6. The number of nitrogens with zero attached hydrogens (tertiary/aromatic N) is 4. The monoisotopic (exact) mass is 507 g/mol. The van der Waals surface area contributed by atoms with E-state index in [-0.39, 0.29) is 40.2 Å². The number of hydrazine groups is 1. The smallest absolute Gasteiger partial charge is 0.274 e. The van der Waals surface area contributed by atoms with Gasteiger partial charge >= 0.3 is 0 Å². The van der Waals surface area contributed by atoms with E-state index in [0.717, 1.165) is 37.0 Å². The summed E-state index contributed by atoms with van der Waals surface area (Å²) in [5, 5.41) is 7.05. The number of carbonyl (C=O) groups excluding carboxylic acids is 1. The van der Waals surface area contributed by atoms with Crippen molar-refractivity contribution in [3.05, 3.63) is 71.9 Å². The molecule has 1 saturated carbocycles. The van der Waals surface area contributed by atoms with Crippen molar-refractivity contribution in [1.82, 2.24) is 25.0 Å². The van der Waals surface area contributed by atoms with E-state index in [9.17, 15) is 13.6 Å². The molecule has 0 bridgehead atoms. The zero-order valence-corrected chi connectivity index (χ0v) is 20.4. The number of ether oxygens (including phenoxy) is 1. The van der Waals surface area contributed by atoms with Gasteiger partial charge in [0.2, 0.25) is 0 Å². The fraction of sp³-hybridized carbons (Fsp3) is 0.308. The summed E-state index contributed by atoms with van der Waals surface area (Å²) in [4.78, 5) is 21.8. The molecule has 1 aromatic carbocycles. The lowest BCUT2D eigenvalue weighted by atomic mass is 9.76. The Morgan fingerprint density at radius 1 is 1.16 bits per heavy atom. The number of amides is 1. The first-order chi connectivity index (χ1) is 17.9. The van der Waals surface area contributed by atoms with Gasteiger partial charge in [-0.2, -0.15) is 5.10 Å². The minimum Gasteiger partial charge on any atom is -0.497 e. The van der Waals surface area contributed by atoms with E-state index in [1.807, 2.05) is 6.07 Å². The number of aromatic nitrogens is 4. The highest BCUT2D eigenvalue weighted by Crippen LogP contribution is 2.39. The fourth-order valence-corrected chi connectivity index (χ4v) is 5.14. The van der Waals surface area contributed by atoms with Crippen molar-refractivity contribution in [3.8, 4) is 16.9 Å². The van der Waals surface area contributed by atoms with Gasteiger partial charge in [-0.25, -0.2) is 18.3 Å². The van der Waals surface area contributed by atoms with Crippen LogP contribution in [0.2, 0.25) is 0 Å². The van der Waals surface area contributed by atoms with Crippen molar-refractivity contribution in [3.63, 3.8) is 0 Å².